The van der Waals surface area contributed by atoms with E-state index in [0.29, 0.717) is 12.0 Å². The third kappa shape index (κ3) is 2.59. The lowest BCUT2D eigenvalue weighted by molar-refractivity contribution is 0.452. The van der Waals surface area contributed by atoms with Gasteiger partial charge in [0.05, 0.1) is 0 Å². The van der Waals surface area contributed by atoms with Gasteiger partial charge >= 0.3 is 5.69 Å². The summed E-state index contributed by atoms with van der Waals surface area (Å²) in [6.45, 7) is 3.88. The highest BCUT2D eigenvalue weighted by Crippen LogP contribution is 2.33. The van der Waals surface area contributed by atoms with Gasteiger partial charge in [0.1, 0.15) is 0 Å². The Kier molecular flexibility index (Phi) is 3.46. The predicted molar refractivity (Wildman–Crippen MR) is 71.5 cm³/mol. The van der Waals surface area contributed by atoms with E-state index in [9.17, 15) is 9.59 Å². The van der Waals surface area contributed by atoms with Gasteiger partial charge in [-0.05, 0) is 19.3 Å². The molecule has 0 saturated heterocycles. The average molecular weight is 244 g/mol. The number of hydrogen-bond acceptors (Lipinski definition) is 2. The van der Waals surface area contributed by atoms with Crippen LogP contribution in [0.1, 0.15) is 18.4 Å². The molecule has 4 heteroatoms. The van der Waals surface area contributed by atoms with Crippen LogP contribution in [0.15, 0.2) is 52.7 Å². The number of hydrogen-bond donors (Lipinski definition) is 2. The predicted octanol–water partition coefficient (Wildman–Crippen LogP) is 1.68. The second-order valence-electron chi connectivity index (χ2n) is 4.53. The Morgan fingerprint density at radius 1 is 1.39 bits per heavy atom. The summed E-state index contributed by atoms with van der Waals surface area (Å²) in [5.41, 5.74) is -0.271. The molecule has 2 N–H and O–H groups in total. The molecule has 1 aliphatic rings. The maximum Gasteiger partial charge on any atom is 0.325 e. The largest absolute Gasteiger partial charge is 0.325 e. The molecule has 0 aromatic carbocycles. The highest BCUT2D eigenvalue weighted by Gasteiger charge is 2.23. The number of allylic oxidation sites excluding steroid dienone is 5. The van der Waals surface area contributed by atoms with Gasteiger partial charge in [0.15, 0.2) is 0 Å². The highest BCUT2D eigenvalue weighted by atomic mass is 16.2. The van der Waals surface area contributed by atoms with E-state index in [4.69, 9.17) is 0 Å². The van der Waals surface area contributed by atoms with Crippen molar-refractivity contribution in [2.45, 2.75) is 19.3 Å². The first-order chi connectivity index (χ1) is 8.65. The van der Waals surface area contributed by atoms with Gasteiger partial charge in [0.25, 0.3) is 5.56 Å². The van der Waals surface area contributed by atoms with Crippen molar-refractivity contribution in [2.24, 2.45) is 5.41 Å². The molecule has 1 aromatic rings. The lowest BCUT2D eigenvalue weighted by atomic mass is 9.77. The van der Waals surface area contributed by atoms with Crippen molar-refractivity contribution in [1.29, 1.82) is 0 Å². The van der Waals surface area contributed by atoms with Gasteiger partial charge in [-0.25, -0.2) is 4.79 Å². The maximum atomic E-state index is 11.6. The van der Waals surface area contributed by atoms with Crippen LogP contribution >= 0.6 is 0 Å². The van der Waals surface area contributed by atoms with Crippen LogP contribution in [-0.4, -0.2) is 9.97 Å². The molecule has 2 rings (SSSR count). The van der Waals surface area contributed by atoms with E-state index in [2.05, 4.69) is 28.7 Å². The summed E-state index contributed by atoms with van der Waals surface area (Å²) in [6.07, 6.45) is 13.9. The van der Waals surface area contributed by atoms with Crippen molar-refractivity contribution < 1.29 is 0 Å². The summed E-state index contributed by atoms with van der Waals surface area (Å²) >= 11 is 0. The number of rotatable bonds is 4. The van der Waals surface area contributed by atoms with E-state index in [1.807, 2.05) is 18.2 Å². The Morgan fingerprint density at radius 3 is 2.83 bits per heavy atom. The van der Waals surface area contributed by atoms with Gasteiger partial charge in [-0.15, -0.1) is 6.58 Å². The molecule has 1 atom stereocenters. The zero-order valence-corrected chi connectivity index (χ0v) is 10.1. The van der Waals surface area contributed by atoms with Crippen LogP contribution in [0.2, 0.25) is 0 Å². The minimum atomic E-state index is -0.470. The average Bonchev–Trinajstić information content (AvgIpc) is 2.39. The Bertz CT molecular complexity index is 607. The van der Waals surface area contributed by atoms with E-state index in [1.54, 1.807) is 0 Å². The molecule has 0 bridgehead atoms. The molecule has 4 nitrogen and oxygen atoms in total. The minimum absolute atomic E-state index is 0.0860. The number of nitrogens with one attached hydrogen (secondary N) is 2. The topological polar surface area (TPSA) is 65.7 Å². The minimum Gasteiger partial charge on any atom is -0.314 e. The molecule has 1 aromatic heterocycles. The second kappa shape index (κ2) is 5.04. The SMILES string of the molecule is C=CC1(CCc2c[nH]c(=O)[nH]c2=O)C=CC=CC1. The van der Waals surface area contributed by atoms with Crippen LogP contribution in [0.25, 0.3) is 0 Å². The quantitative estimate of drug-likeness (QED) is 0.791. The third-order valence-electron chi connectivity index (χ3n) is 3.34. The van der Waals surface area contributed by atoms with Crippen LogP contribution in [-0.2, 0) is 6.42 Å². The molecular weight excluding hydrogens is 228 g/mol. The monoisotopic (exact) mass is 244 g/mol. The molecule has 0 spiro atoms. The van der Waals surface area contributed by atoms with E-state index in [0.717, 1.165) is 12.8 Å². The Balaban J connectivity index is 2.13. The summed E-state index contributed by atoms with van der Waals surface area (Å²) in [4.78, 5) is 27.2. The lowest BCUT2D eigenvalue weighted by Crippen LogP contribution is -2.26. The fraction of sp³-hybridized carbons (Fsp3) is 0.286. The van der Waals surface area contributed by atoms with E-state index >= 15 is 0 Å². The van der Waals surface area contributed by atoms with Crippen molar-refractivity contribution in [1.82, 2.24) is 9.97 Å². The van der Waals surface area contributed by atoms with Crippen molar-refractivity contribution >= 4 is 0 Å². The van der Waals surface area contributed by atoms with Gasteiger partial charge < -0.3 is 4.98 Å². The number of aryl methyl sites for hydroxylation is 1. The fourth-order valence-electron chi connectivity index (χ4n) is 2.11. The van der Waals surface area contributed by atoms with Crippen LogP contribution in [0.3, 0.4) is 0 Å². The first-order valence-electron chi connectivity index (χ1n) is 5.94. The normalized spacial score (nSPS) is 22.0. The Labute approximate surface area is 105 Å². The summed E-state index contributed by atoms with van der Waals surface area (Å²) in [5, 5.41) is 0. The summed E-state index contributed by atoms with van der Waals surface area (Å²) in [7, 11) is 0. The summed E-state index contributed by atoms with van der Waals surface area (Å²) < 4.78 is 0. The fourth-order valence-corrected chi connectivity index (χ4v) is 2.11. The Hall–Kier alpha value is -2.10. The first-order valence-corrected chi connectivity index (χ1v) is 5.94. The van der Waals surface area contributed by atoms with Gasteiger partial charge in [0, 0.05) is 17.2 Å². The zero-order valence-electron chi connectivity index (χ0n) is 10.1. The maximum absolute atomic E-state index is 11.6. The third-order valence-corrected chi connectivity index (χ3v) is 3.34. The molecule has 0 saturated carbocycles. The number of aromatic amines is 2. The molecule has 1 aliphatic carbocycles. The molecular formula is C14H16N2O2. The van der Waals surface area contributed by atoms with Crippen LogP contribution in [0, 0.1) is 5.41 Å². The van der Waals surface area contributed by atoms with Crippen molar-refractivity contribution in [3.63, 3.8) is 0 Å². The molecule has 18 heavy (non-hydrogen) atoms. The van der Waals surface area contributed by atoms with Crippen LogP contribution in [0.4, 0.5) is 0 Å². The van der Waals surface area contributed by atoms with Gasteiger partial charge in [-0.3, -0.25) is 9.78 Å². The van der Waals surface area contributed by atoms with E-state index < -0.39 is 5.69 Å². The molecule has 0 aliphatic heterocycles. The second-order valence-corrected chi connectivity index (χ2v) is 4.53. The smallest absolute Gasteiger partial charge is 0.314 e. The molecule has 1 unspecified atom stereocenters. The number of aromatic nitrogens is 2. The van der Waals surface area contributed by atoms with Gasteiger partial charge in [0.2, 0.25) is 0 Å². The zero-order chi connectivity index (χ0) is 13.0. The highest BCUT2D eigenvalue weighted by molar-refractivity contribution is 5.22. The molecule has 0 amide bonds. The van der Waals surface area contributed by atoms with Gasteiger partial charge in [-0.2, -0.15) is 0 Å². The summed E-state index contributed by atoms with van der Waals surface area (Å²) in [5.74, 6) is 0. The standard InChI is InChI=1S/C14H16N2O2/c1-2-14(7-4-3-5-8-14)9-6-11-10-15-13(18)16-12(11)17/h2-5,7,10H,1,6,8-9H2,(H2,15,16,17,18). The van der Waals surface area contributed by atoms with Crippen LogP contribution < -0.4 is 11.2 Å². The molecule has 1 heterocycles. The number of H-pyrrole nitrogens is 2. The van der Waals surface area contributed by atoms with E-state index in [1.165, 1.54) is 6.20 Å². The molecule has 94 valence electrons. The molecule has 0 radical (unpaired) electrons. The summed E-state index contributed by atoms with van der Waals surface area (Å²) in [6, 6.07) is 0. The van der Waals surface area contributed by atoms with Crippen molar-refractivity contribution in [3.8, 4) is 0 Å². The lowest BCUT2D eigenvalue weighted by Gasteiger charge is -2.27. The first kappa shape index (κ1) is 12.4. The Morgan fingerprint density at radius 2 is 2.22 bits per heavy atom. The van der Waals surface area contributed by atoms with Crippen molar-refractivity contribution in [2.75, 3.05) is 0 Å². The van der Waals surface area contributed by atoms with Gasteiger partial charge in [-0.1, -0.05) is 30.4 Å². The van der Waals surface area contributed by atoms with Crippen molar-refractivity contribution in [3.05, 3.63) is 69.6 Å². The van der Waals surface area contributed by atoms with E-state index in [-0.39, 0.29) is 11.0 Å². The molecule has 0 fully saturated rings. The van der Waals surface area contributed by atoms with Crippen LogP contribution in [0.5, 0.6) is 0 Å².